The highest BCUT2D eigenvalue weighted by atomic mass is 16.6. The molecule has 0 N–H and O–H groups in total. The Bertz CT molecular complexity index is 847. The molecule has 0 aliphatic carbocycles. The Balaban J connectivity index is 1.63. The van der Waals surface area contributed by atoms with Crippen molar-refractivity contribution >= 4 is 5.97 Å². The second-order valence-electron chi connectivity index (χ2n) is 11.1. The quantitative estimate of drug-likeness (QED) is 0.121. The van der Waals surface area contributed by atoms with Crippen LogP contribution in [0.25, 0.3) is 0 Å². The summed E-state index contributed by atoms with van der Waals surface area (Å²) >= 11 is 0. The molecule has 0 aromatic heterocycles. The lowest BCUT2D eigenvalue weighted by molar-refractivity contribution is -0.904. The van der Waals surface area contributed by atoms with Crippen LogP contribution in [0.15, 0.2) is 54.6 Å². The van der Waals surface area contributed by atoms with Gasteiger partial charge in [-0.05, 0) is 37.5 Å². The van der Waals surface area contributed by atoms with Gasteiger partial charge in [0.25, 0.3) is 0 Å². The second kappa shape index (κ2) is 16.4. The van der Waals surface area contributed by atoms with Crippen molar-refractivity contribution in [3.63, 3.8) is 0 Å². The zero-order valence-electron chi connectivity index (χ0n) is 23.5. The molecule has 2 aromatic rings. The number of hydrogen-bond acceptors (Lipinski definition) is 3. The molecule has 2 atom stereocenters. The third kappa shape index (κ3) is 12.6. The summed E-state index contributed by atoms with van der Waals surface area (Å²) in [7, 11) is 4.42. The van der Waals surface area contributed by atoms with Crippen molar-refractivity contribution in [2.45, 2.75) is 91.2 Å². The Morgan fingerprint density at radius 3 is 2.14 bits per heavy atom. The molecule has 0 heterocycles. The molecule has 2 rings (SSSR count). The van der Waals surface area contributed by atoms with E-state index in [1.54, 1.807) is 0 Å². The molecule has 0 radical (unpaired) electrons. The average molecular weight is 497 g/mol. The summed E-state index contributed by atoms with van der Waals surface area (Å²) in [5, 5.41) is 0. The molecule has 4 nitrogen and oxygen atoms in total. The van der Waals surface area contributed by atoms with Crippen LogP contribution in [0.5, 0.6) is 5.75 Å². The minimum Gasteiger partial charge on any atom is -0.487 e. The number of carbonyl (C=O) groups excluding carboxylic acids is 1. The van der Waals surface area contributed by atoms with Gasteiger partial charge in [0, 0.05) is 12.0 Å². The summed E-state index contributed by atoms with van der Waals surface area (Å²) in [6.07, 6.45) is 11.1. The van der Waals surface area contributed by atoms with Crippen molar-refractivity contribution in [1.82, 2.24) is 0 Å². The molecule has 2 aromatic carbocycles. The van der Waals surface area contributed by atoms with Crippen LogP contribution < -0.4 is 4.74 Å². The van der Waals surface area contributed by atoms with Gasteiger partial charge in [0.05, 0.1) is 26.6 Å². The van der Waals surface area contributed by atoms with Gasteiger partial charge in [-0.2, -0.15) is 0 Å². The van der Waals surface area contributed by atoms with E-state index >= 15 is 0 Å². The van der Waals surface area contributed by atoms with E-state index in [0.717, 1.165) is 36.2 Å². The summed E-state index contributed by atoms with van der Waals surface area (Å²) in [6.45, 7) is 8.31. The summed E-state index contributed by atoms with van der Waals surface area (Å²) in [5.41, 5.74) is 2.67. The van der Waals surface area contributed by atoms with Crippen molar-refractivity contribution in [1.29, 1.82) is 0 Å². The van der Waals surface area contributed by atoms with Crippen LogP contribution in [0.1, 0.15) is 83.3 Å². The van der Waals surface area contributed by atoms with E-state index in [4.69, 9.17) is 9.47 Å². The van der Waals surface area contributed by atoms with Gasteiger partial charge in [-0.25, -0.2) is 0 Å². The lowest BCUT2D eigenvalue weighted by atomic mass is 10.0. The first-order valence-electron chi connectivity index (χ1n) is 14.1. The fourth-order valence-corrected chi connectivity index (χ4v) is 4.45. The summed E-state index contributed by atoms with van der Waals surface area (Å²) < 4.78 is 12.4. The molecule has 0 aliphatic rings. The van der Waals surface area contributed by atoms with Crippen LogP contribution in [0.3, 0.4) is 0 Å². The molecule has 4 heteroatoms. The van der Waals surface area contributed by atoms with Gasteiger partial charge in [-0.1, -0.05) is 94.8 Å². The smallest absolute Gasteiger partial charge is 0.309 e. The number of unbranched alkanes of at least 4 members (excludes halogenated alkanes) is 6. The van der Waals surface area contributed by atoms with Crippen LogP contribution in [0.2, 0.25) is 0 Å². The average Bonchev–Trinajstić information content (AvgIpc) is 2.86. The normalized spacial score (nSPS) is 13.2. The first kappa shape index (κ1) is 29.9. The van der Waals surface area contributed by atoms with Crippen LogP contribution in [-0.2, 0) is 22.5 Å². The predicted octanol–water partition coefficient (Wildman–Crippen LogP) is 7.59. The number of quaternary nitrogens is 1. The van der Waals surface area contributed by atoms with Crippen molar-refractivity contribution in [2.24, 2.45) is 5.92 Å². The summed E-state index contributed by atoms with van der Waals surface area (Å²) in [5.74, 6) is 0.557. The highest BCUT2D eigenvalue weighted by molar-refractivity contribution is 5.71. The van der Waals surface area contributed by atoms with Crippen LogP contribution in [-0.4, -0.2) is 43.8 Å². The number of carbonyl (C=O) groups is 1. The van der Waals surface area contributed by atoms with Crippen molar-refractivity contribution in [3.05, 3.63) is 65.7 Å². The highest BCUT2D eigenvalue weighted by Gasteiger charge is 2.22. The predicted molar refractivity (Wildman–Crippen MR) is 150 cm³/mol. The summed E-state index contributed by atoms with van der Waals surface area (Å²) in [4.78, 5) is 12.5. The molecule has 0 saturated heterocycles. The second-order valence-corrected chi connectivity index (χ2v) is 11.1. The Kier molecular flexibility index (Phi) is 13.6. The molecule has 0 amide bonds. The zero-order chi connectivity index (χ0) is 26.2. The van der Waals surface area contributed by atoms with Gasteiger partial charge in [-0.15, -0.1) is 0 Å². The molecular weight excluding hydrogens is 446 g/mol. The Morgan fingerprint density at radius 1 is 0.833 bits per heavy atom. The highest BCUT2D eigenvalue weighted by Crippen LogP contribution is 2.18. The topological polar surface area (TPSA) is 35.5 Å². The fraction of sp³-hybridized carbons (Fsp3) is 0.594. The van der Waals surface area contributed by atoms with E-state index in [-0.39, 0.29) is 24.6 Å². The lowest BCUT2D eigenvalue weighted by Crippen LogP contribution is -2.40. The monoisotopic (exact) mass is 496 g/mol. The maximum absolute atomic E-state index is 12.5. The van der Waals surface area contributed by atoms with Gasteiger partial charge in [0.15, 0.2) is 0 Å². The molecule has 36 heavy (non-hydrogen) atoms. The number of hydrogen-bond donors (Lipinski definition) is 0. The number of benzene rings is 2. The molecule has 2 unspecified atom stereocenters. The van der Waals surface area contributed by atoms with Crippen molar-refractivity contribution in [3.8, 4) is 5.75 Å². The third-order valence-electron chi connectivity index (χ3n) is 6.81. The van der Waals surface area contributed by atoms with Crippen LogP contribution in [0.4, 0.5) is 0 Å². The molecular formula is C32H50NO3+. The van der Waals surface area contributed by atoms with E-state index < -0.39 is 0 Å². The first-order valence-corrected chi connectivity index (χ1v) is 14.1. The molecule has 0 fully saturated rings. The minimum absolute atomic E-state index is 0.128. The van der Waals surface area contributed by atoms with Gasteiger partial charge >= 0.3 is 5.97 Å². The maximum Gasteiger partial charge on any atom is 0.309 e. The van der Waals surface area contributed by atoms with Crippen molar-refractivity contribution < 1.29 is 18.8 Å². The number of esters is 1. The molecule has 0 spiro atoms. The molecule has 0 saturated carbocycles. The minimum atomic E-state index is -0.180. The lowest BCUT2D eigenvalue weighted by Gasteiger charge is -2.30. The fourth-order valence-electron chi connectivity index (χ4n) is 4.45. The van der Waals surface area contributed by atoms with E-state index in [1.807, 2.05) is 32.0 Å². The van der Waals surface area contributed by atoms with E-state index in [9.17, 15) is 4.79 Å². The Morgan fingerprint density at radius 2 is 1.47 bits per heavy atom. The maximum atomic E-state index is 12.5. The SMILES string of the molecule is CCCCCCCCCc1ccc(OC(C)COC(=O)C(C)CC[N+](C)(C)Cc2ccccc2)cc1. The largest absolute Gasteiger partial charge is 0.487 e. The van der Waals surface area contributed by atoms with E-state index in [2.05, 4.69) is 57.4 Å². The van der Waals surface area contributed by atoms with Crippen molar-refractivity contribution in [2.75, 3.05) is 27.2 Å². The van der Waals surface area contributed by atoms with Crippen LogP contribution in [0, 0.1) is 5.92 Å². The summed E-state index contributed by atoms with van der Waals surface area (Å²) in [6, 6.07) is 18.9. The number of ether oxygens (including phenoxy) is 2. The first-order chi connectivity index (χ1) is 17.3. The number of rotatable bonds is 18. The van der Waals surface area contributed by atoms with Gasteiger partial charge in [-0.3, -0.25) is 4.79 Å². The van der Waals surface area contributed by atoms with Gasteiger partial charge in [0.1, 0.15) is 25.0 Å². The molecule has 200 valence electrons. The molecule has 0 bridgehead atoms. The zero-order valence-corrected chi connectivity index (χ0v) is 23.5. The van der Waals surface area contributed by atoms with Gasteiger partial charge < -0.3 is 14.0 Å². The van der Waals surface area contributed by atoms with Crippen LogP contribution >= 0.6 is 0 Å². The standard InChI is InChI=1S/C32H50NO3/c1-6-7-8-9-10-11-13-16-29-19-21-31(22-20-29)36-28(3)26-35-32(34)27(2)23-24-33(4,5)25-30-17-14-12-15-18-30/h12,14-15,17-22,27-28H,6-11,13,16,23-26H2,1-5H3/q+1. The van der Waals surface area contributed by atoms with E-state index in [1.165, 1.54) is 56.1 Å². The van der Waals surface area contributed by atoms with E-state index in [0.29, 0.717) is 0 Å². The number of aryl methyl sites for hydroxylation is 1. The number of nitrogens with zero attached hydrogens (tertiary/aromatic N) is 1. The Labute approximate surface area is 220 Å². The molecule has 0 aliphatic heterocycles. The third-order valence-corrected chi connectivity index (χ3v) is 6.81. The Hall–Kier alpha value is -2.33. The van der Waals surface area contributed by atoms with Gasteiger partial charge in [0.2, 0.25) is 0 Å².